The van der Waals surface area contributed by atoms with Crippen molar-refractivity contribution in [2.75, 3.05) is 0 Å². The summed E-state index contributed by atoms with van der Waals surface area (Å²) in [6.07, 6.45) is 15.1. The maximum atomic E-state index is 12.1. The Bertz CT molecular complexity index is 867. The summed E-state index contributed by atoms with van der Waals surface area (Å²) in [6, 6.07) is 21.6. The second kappa shape index (κ2) is 14.9. The van der Waals surface area contributed by atoms with Crippen molar-refractivity contribution in [3.63, 3.8) is 0 Å². The molecular weight excluding hydrogens is 472 g/mol. The molecule has 0 N–H and O–H groups in total. The van der Waals surface area contributed by atoms with Crippen LogP contribution in [0.15, 0.2) is 60.7 Å². The van der Waals surface area contributed by atoms with Crippen LogP contribution in [0.4, 0.5) is 0 Å². The van der Waals surface area contributed by atoms with E-state index in [0.29, 0.717) is 6.42 Å². The van der Waals surface area contributed by atoms with Gasteiger partial charge in [0.2, 0.25) is 0 Å². The lowest BCUT2D eigenvalue weighted by Gasteiger charge is -2.46. The van der Waals surface area contributed by atoms with Crippen LogP contribution in [0.1, 0.15) is 111 Å². The lowest BCUT2D eigenvalue weighted by Crippen LogP contribution is -2.68. The van der Waals surface area contributed by atoms with E-state index < -0.39 is 8.32 Å². The molecule has 0 amide bonds. The number of hydrogen-bond donors (Lipinski definition) is 0. The molecule has 0 unspecified atom stereocenters. The summed E-state index contributed by atoms with van der Waals surface area (Å²) in [5.41, 5.74) is 0. The highest BCUT2D eigenvalue weighted by Gasteiger charge is 2.52. The van der Waals surface area contributed by atoms with Crippen molar-refractivity contribution >= 4 is 24.7 Å². The van der Waals surface area contributed by atoms with E-state index in [2.05, 4.69) is 88.4 Å². The van der Waals surface area contributed by atoms with Crippen LogP contribution in [0.25, 0.3) is 0 Å². The van der Waals surface area contributed by atoms with Crippen LogP contribution in [-0.4, -0.2) is 26.5 Å². The summed E-state index contributed by atoms with van der Waals surface area (Å²) >= 11 is 0. The van der Waals surface area contributed by atoms with Gasteiger partial charge < -0.3 is 9.16 Å². The van der Waals surface area contributed by atoms with Crippen molar-refractivity contribution < 1.29 is 14.0 Å². The summed E-state index contributed by atoms with van der Waals surface area (Å²) < 4.78 is 13.3. The number of carbonyl (C=O) groups is 1. The molecule has 1 saturated heterocycles. The van der Waals surface area contributed by atoms with Gasteiger partial charge in [-0.1, -0.05) is 153 Å². The number of esters is 1. The molecule has 204 valence electrons. The molecule has 1 heterocycles. The molecule has 1 aliphatic rings. The van der Waals surface area contributed by atoms with Gasteiger partial charge >= 0.3 is 5.97 Å². The van der Waals surface area contributed by atoms with E-state index in [9.17, 15) is 4.79 Å². The van der Waals surface area contributed by atoms with E-state index in [1.807, 2.05) is 0 Å². The van der Waals surface area contributed by atoms with Gasteiger partial charge in [-0.3, -0.25) is 4.79 Å². The van der Waals surface area contributed by atoms with E-state index in [0.717, 1.165) is 19.3 Å². The van der Waals surface area contributed by atoms with Crippen LogP contribution in [0.5, 0.6) is 0 Å². The Labute approximate surface area is 227 Å². The van der Waals surface area contributed by atoms with Crippen LogP contribution >= 0.6 is 0 Å². The largest absolute Gasteiger partial charge is 0.460 e. The fourth-order valence-electron chi connectivity index (χ4n) is 5.88. The summed E-state index contributed by atoms with van der Waals surface area (Å²) in [5.74, 6) is -0.0795. The molecule has 0 radical (unpaired) electrons. The van der Waals surface area contributed by atoms with E-state index in [-0.39, 0.29) is 23.2 Å². The topological polar surface area (TPSA) is 35.5 Å². The molecule has 3 nitrogen and oxygen atoms in total. The second-order valence-corrected chi connectivity index (χ2v) is 16.1. The average molecular weight is 523 g/mol. The zero-order valence-corrected chi connectivity index (χ0v) is 24.8. The number of carbonyl (C=O) groups excluding carboxylic acids is 1. The zero-order valence-electron chi connectivity index (χ0n) is 23.8. The van der Waals surface area contributed by atoms with E-state index in [1.165, 1.54) is 68.2 Å². The predicted molar refractivity (Wildman–Crippen MR) is 158 cm³/mol. The highest BCUT2D eigenvalue weighted by molar-refractivity contribution is 6.99. The van der Waals surface area contributed by atoms with Crippen molar-refractivity contribution in [1.82, 2.24) is 0 Å². The maximum absolute atomic E-state index is 12.1. The van der Waals surface area contributed by atoms with Gasteiger partial charge in [0.1, 0.15) is 6.10 Å². The average Bonchev–Trinajstić information content (AvgIpc) is 3.33. The Morgan fingerprint density at radius 2 is 1.30 bits per heavy atom. The molecule has 2 aromatic rings. The molecule has 1 fully saturated rings. The highest BCUT2D eigenvalue weighted by atomic mass is 28.4. The number of cyclic esters (lactones) is 1. The number of ether oxygens (including phenoxy) is 1. The molecule has 0 bridgehead atoms. The number of hydrogen-bond acceptors (Lipinski definition) is 3. The van der Waals surface area contributed by atoms with Gasteiger partial charge in [0.05, 0.1) is 6.10 Å². The molecular formula is C33H50O3Si. The van der Waals surface area contributed by atoms with Gasteiger partial charge in [-0.25, -0.2) is 0 Å². The molecule has 0 aliphatic carbocycles. The van der Waals surface area contributed by atoms with Crippen molar-refractivity contribution in [3.8, 4) is 0 Å². The molecule has 0 aromatic heterocycles. The van der Waals surface area contributed by atoms with Gasteiger partial charge in [0.25, 0.3) is 8.32 Å². The molecule has 0 spiro atoms. The Kier molecular flexibility index (Phi) is 11.9. The van der Waals surface area contributed by atoms with Gasteiger partial charge in [0, 0.05) is 6.42 Å². The van der Waals surface area contributed by atoms with E-state index >= 15 is 0 Å². The van der Waals surface area contributed by atoms with Gasteiger partial charge in [0.15, 0.2) is 0 Å². The van der Waals surface area contributed by atoms with Crippen molar-refractivity contribution in [2.24, 2.45) is 0 Å². The summed E-state index contributed by atoms with van der Waals surface area (Å²) in [7, 11) is -2.69. The summed E-state index contributed by atoms with van der Waals surface area (Å²) in [5, 5.41) is 2.48. The van der Waals surface area contributed by atoms with Crippen LogP contribution in [0.2, 0.25) is 5.04 Å². The van der Waals surface area contributed by atoms with Crippen molar-refractivity contribution in [1.29, 1.82) is 0 Å². The normalized spacial score (nSPS) is 17.1. The van der Waals surface area contributed by atoms with Crippen molar-refractivity contribution in [2.45, 2.75) is 128 Å². The lowest BCUT2D eigenvalue weighted by atomic mass is 10.0. The standard InChI is InChI=1S/C33H50O3Si/c1-5-6-7-8-9-10-11-12-13-20-25-31(30-26-27-32(34)35-30)36-37(33(2,3)4,28-21-16-14-17-22-28)29-23-18-15-19-24-29/h14-19,21-24,30-31H,5-13,20,25-27H2,1-4H3/t30-,31-/m0/s1. The molecule has 2 aromatic carbocycles. The monoisotopic (exact) mass is 522 g/mol. The molecule has 3 rings (SSSR count). The van der Waals surface area contributed by atoms with Crippen molar-refractivity contribution in [3.05, 3.63) is 60.7 Å². The fourth-order valence-corrected chi connectivity index (χ4v) is 10.6. The Hall–Kier alpha value is -1.91. The maximum Gasteiger partial charge on any atom is 0.306 e. The first-order valence-corrected chi connectivity index (χ1v) is 16.8. The third kappa shape index (κ3) is 8.28. The number of benzene rings is 2. The number of unbranched alkanes of at least 4 members (excludes halogenated alkanes) is 9. The van der Waals surface area contributed by atoms with E-state index in [4.69, 9.17) is 9.16 Å². The quantitative estimate of drug-likeness (QED) is 0.127. The Morgan fingerprint density at radius 3 is 1.73 bits per heavy atom. The van der Waals surface area contributed by atoms with Crippen LogP contribution in [0, 0.1) is 0 Å². The summed E-state index contributed by atoms with van der Waals surface area (Å²) in [4.78, 5) is 12.1. The predicted octanol–water partition coefficient (Wildman–Crippen LogP) is 7.95. The van der Waals surface area contributed by atoms with Crippen LogP contribution in [0.3, 0.4) is 0 Å². The van der Waals surface area contributed by atoms with Gasteiger partial charge in [-0.2, -0.15) is 0 Å². The lowest BCUT2D eigenvalue weighted by molar-refractivity contribution is -0.145. The van der Waals surface area contributed by atoms with Crippen LogP contribution < -0.4 is 10.4 Å². The molecule has 2 atom stereocenters. The fraction of sp³-hybridized carbons (Fsp3) is 0.606. The molecule has 1 aliphatic heterocycles. The summed E-state index contributed by atoms with van der Waals surface area (Å²) in [6.45, 7) is 9.23. The highest BCUT2D eigenvalue weighted by Crippen LogP contribution is 2.39. The first-order valence-electron chi connectivity index (χ1n) is 14.9. The minimum absolute atomic E-state index is 0.0770. The minimum atomic E-state index is -2.69. The third-order valence-corrected chi connectivity index (χ3v) is 13.0. The first-order chi connectivity index (χ1) is 17.9. The first kappa shape index (κ1) is 29.6. The third-order valence-electron chi connectivity index (χ3n) is 7.92. The van der Waals surface area contributed by atoms with Gasteiger partial charge in [-0.05, 0) is 28.3 Å². The van der Waals surface area contributed by atoms with E-state index in [1.54, 1.807) is 0 Å². The smallest absolute Gasteiger partial charge is 0.306 e. The zero-order chi connectivity index (χ0) is 26.6. The van der Waals surface area contributed by atoms with Crippen LogP contribution in [-0.2, 0) is 14.0 Å². The molecule has 0 saturated carbocycles. The van der Waals surface area contributed by atoms with Gasteiger partial charge in [-0.15, -0.1) is 0 Å². The molecule has 37 heavy (non-hydrogen) atoms. The molecule has 4 heteroatoms. The SMILES string of the molecule is CCCCCCCCCCCC[C@H](O[Si](c1ccccc1)(c1ccccc1)C(C)(C)C)[C@@H]1CCC(=O)O1. The Balaban J connectivity index is 1.75. The minimum Gasteiger partial charge on any atom is -0.460 e. The second-order valence-electron chi connectivity index (χ2n) is 11.9. The Morgan fingerprint density at radius 1 is 0.811 bits per heavy atom. The number of rotatable bonds is 16.